The predicted octanol–water partition coefficient (Wildman–Crippen LogP) is 3.24. The van der Waals surface area contributed by atoms with Crippen LogP contribution < -0.4 is 10.6 Å². The Morgan fingerprint density at radius 2 is 1.63 bits per heavy atom. The first-order valence-corrected chi connectivity index (χ1v) is 8.60. The van der Waals surface area contributed by atoms with Crippen LogP contribution >= 0.6 is 0 Å². The predicted molar refractivity (Wildman–Crippen MR) is 105 cm³/mol. The lowest BCUT2D eigenvalue weighted by molar-refractivity contribution is -0.402. The van der Waals surface area contributed by atoms with Gasteiger partial charge in [-0.05, 0) is 30.3 Å². The van der Waals surface area contributed by atoms with Crippen molar-refractivity contribution in [1.29, 1.82) is 0 Å². The van der Waals surface area contributed by atoms with Gasteiger partial charge in [-0.2, -0.15) is 0 Å². The number of anilines is 2. The van der Waals surface area contributed by atoms with E-state index in [1.54, 1.807) is 36.4 Å². The van der Waals surface area contributed by atoms with Crippen molar-refractivity contribution in [3.63, 3.8) is 0 Å². The Morgan fingerprint density at radius 1 is 0.933 bits per heavy atom. The highest BCUT2D eigenvalue weighted by Gasteiger charge is 2.20. The zero-order valence-electron chi connectivity index (χ0n) is 15.4. The normalized spacial score (nSPS) is 10.1. The summed E-state index contributed by atoms with van der Waals surface area (Å²) in [4.78, 5) is 46.2. The largest absolute Gasteiger partial charge is 0.450 e. The third-order valence-corrected chi connectivity index (χ3v) is 3.78. The van der Waals surface area contributed by atoms with E-state index in [1.807, 2.05) is 6.07 Å². The van der Waals surface area contributed by atoms with Gasteiger partial charge in [0.2, 0.25) is 5.76 Å². The number of hydrogen-bond donors (Lipinski definition) is 2. The molecule has 0 fully saturated rings. The number of carbonyl (C=O) groups is 3. The van der Waals surface area contributed by atoms with Gasteiger partial charge in [0.1, 0.15) is 4.92 Å². The number of hydrogen-bond acceptors (Lipinski definition) is 7. The Labute approximate surface area is 169 Å². The van der Waals surface area contributed by atoms with Crippen molar-refractivity contribution in [3.8, 4) is 0 Å². The van der Waals surface area contributed by atoms with Crippen LogP contribution in [0, 0.1) is 10.1 Å². The van der Waals surface area contributed by atoms with Crippen molar-refractivity contribution in [2.45, 2.75) is 0 Å². The molecule has 2 aromatic carbocycles. The van der Waals surface area contributed by atoms with Crippen LogP contribution in [-0.4, -0.2) is 29.3 Å². The molecule has 30 heavy (non-hydrogen) atoms. The second kappa shape index (κ2) is 9.15. The standard InChI is InChI=1S/C20H15N3O7/c24-17(12-29-20(26)16-10-11-18(30-16)23(27)28)22-15-9-5-4-8-14(15)19(25)21-13-6-2-1-3-7-13/h1-11H,12H2,(H,21,25)(H,22,24). The second-order valence-corrected chi connectivity index (χ2v) is 5.89. The summed E-state index contributed by atoms with van der Waals surface area (Å²) in [5.74, 6) is -3.20. The van der Waals surface area contributed by atoms with Gasteiger partial charge in [0.05, 0.1) is 17.3 Å². The van der Waals surface area contributed by atoms with E-state index in [9.17, 15) is 24.5 Å². The minimum atomic E-state index is -1.03. The highest BCUT2D eigenvalue weighted by atomic mass is 16.7. The minimum absolute atomic E-state index is 0.211. The maximum absolute atomic E-state index is 12.5. The van der Waals surface area contributed by atoms with E-state index in [0.29, 0.717) is 5.69 Å². The maximum atomic E-state index is 12.5. The summed E-state index contributed by atoms with van der Waals surface area (Å²) in [6, 6.07) is 17.2. The molecule has 0 aliphatic heterocycles. The number of nitrogens with zero attached hydrogens (tertiary/aromatic N) is 1. The van der Waals surface area contributed by atoms with Crippen LogP contribution in [0.3, 0.4) is 0 Å². The summed E-state index contributed by atoms with van der Waals surface area (Å²) in [5, 5.41) is 15.8. The quantitative estimate of drug-likeness (QED) is 0.347. The number of para-hydroxylation sites is 2. The van der Waals surface area contributed by atoms with Gasteiger partial charge >= 0.3 is 11.9 Å². The van der Waals surface area contributed by atoms with Crippen molar-refractivity contribution < 1.29 is 28.5 Å². The maximum Gasteiger partial charge on any atom is 0.433 e. The van der Waals surface area contributed by atoms with Gasteiger partial charge in [-0.3, -0.25) is 19.7 Å². The minimum Gasteiger partial charge on any atom is -0.450 e. The Hall–Kier alpha value is -4.47. The lowest BCUT2D eigenvalue weighted by Gasteiger charge is -2.11. The molecule has 0 aliphatic carbocycles. The van der Waals surface area contributed by atoms with Gasteiger partial charge in [-0.1, -0.05) is 30.3 Å². The van der Waals surface area contributed by atoms with Crippen molar-refractivity contribution in [1.82, 2.24) is 0 Å². The van der Waals surface area contributed by atoms with E-state index in [0.717, 1.165) is 12.1 Å². The van der Waals surface area contributed by atoms with Gasteiger partial charge in [0, 0.05) is 5.69 Å². The first-order valence-electron chi connectivity index (χ1n) is 8.60. The third kappa shape index (κ3) is 5.07. The summed E-state index contributed by atoms with van der Waals surface area (Å²) in [6.45, 7) is -0.679. The highest BCUT2D eigenvalue weighted by molar-refractivity contribution is 6.10. The number of rotatable bonds is 7. The number of furan rings is 1. The molecule has 3 aromatic rings. The van der Waals surface area contributed by atoms with E-state index in [1.165, 1.54) is 12.1 Å². The molecule has 0 unspecified atom stereocenters. The summed E-state index contributed by atoms with van der Waals surface area (Å²) >= 11 is 0. The van der Waals surface area contributed by atoms with Crippen LogP contribution in [0.15, 0.2) is 71.1 Å². The van der Waals surface area contributed by atoms with E-state index in [-0.39, 0.29) is 11.3 Å². The molecule has 0 saturated carbocycles. The average molecular weight is 409 g/mol. The van der Waals surface area contributed by atoms with Crippen LogP contribution in [0.4, 0.5) is 17.3 Å². The average Bonchev–Trinajstić information content (AvgIpc) is 3.24. The van der Waals surface area contributed by atoms with Gasteiger partial charge in [-0.15, -0.1) is 0 Å². The fraction of sp³-hybridized carbons (Fsp3) is 0.0500. The molecule has 0 saturated heterocycles. The Morgan fingerprint density at radius 3 is 2.33 bits per heavy atom. The number of esters is 1. The molecule has 3 rings (SSSR count). The molecular weight excluding hydrogens is 394 g/mol. The van der Waals surface area contributed by atoms with Crippen molar-refractivity contribution in [2.75, 3.05) is 17.2 Å². The highest BCUT2D eigenvalue weighted by Crippen LogP contribution is 2.18. The van der Waals surface area contributed by atoms with E-state index >= 15 is 0 Å². The first-order chi connectivity index (χ1) is 14.4. The first kappa shape index (κ1) is 20.3. The molecular formula is C20H15N3O7. The number of benzene rings is 2. The van der Waals surface area contributed by atoms with E-state index in [4.69, 9.17) is 9.15 Å². The topological polar surface area (TPSA) is 141 Å². The third-order valence-electron chi connectivity index (χ3n) is 3.78. The molecule has 2 amide bonds. The Bertz CT molecular complexity index is 1090. The molecule has 0 bridgehead atoms. The summed E-state index contributed by atoms with van der Waals surface area (Å²) in [5.41, 5.74) is 1.02. The summed E-state index contributed by atoms with van der Waals surface area (Å²) < 4.78 is 9.49. The molecule has 2 N–H and O–H groups in total. The SMILES string of the molecule is O=C(COC(=O)c1ccc([N+](=O)[O-])o1)Nc1ccccc1C(=O)Nc1ccccc1. The van der Waals surface area contributed by atoms with Crippen LogP contribution in [0.2, 0.25) is 0 Å². The van der Waals surface area contributed by atoms with Gasteiger partial charge in [0.25, 0.3) is 11.8 Å². The second-order valence-electron chi connectivity index (χ2n) is 5.89. The Kier molecular flexibility index (Phi) is 6.18. The van der Waals surface area contributed by atoms with Crippen LogP contribution in [0.5, 0.6) is 0 Å². The number of nitrogens with one attached hydrogen (secondary N) is 2. The van der Waals surface area contributed by atoms with Crippen LogP contribution in [0.1, 0.15) is 20.9 Å². The molecule has 1 heterocycles. The molecule has 0 atom stereocenters. The van der Waals surface area contributed by atoms with Crippen molar-refractivity contribution >= 4 is 35.0 Å². The number of ether oxygens (including phenoxy) is 1. The molecule has 1 aromatic heterocycles. The van der Waals surface area contributed by atoms with E-state index < -0.39 is 41.0 Å². The van der Waals surface area contributed by atoms with E-state index in [2.05, 4.69) is 10.6 Å². The van der Waals surface area contributed by atoms with Gasteiger partial charge in [0.15, 0.2) is 6.61 Å². The Balaban J connectivity index is 1.60. The number of carbonyl (C=O) groups excluding carboxylic acids is 3. The zero-order chi connectivity index (χ0) is 21.5. The lowest BCUT2D eigenvalue weighted by atomic mass is 10.1. The van der Waals surface area contributed by atoms with Crippen molar-refractivity contribution in [2.24, 2.45) is 0 Å². The van der Waals surface area contributed by atoms with Crippen molar-refractivity contribution in [3.05, 3.63) is 88.2 Å². The summed E-state index contributed by atoms with van der Waals surface area (Å²) in [7, 11) is 0. The molecule has 0 aliphatic rings. The fourth-order valence-corrected chi connectivity index (χ4v) is 2.43. The monoisotopic (exact) mass is 409 g/mol. The number of nitro groups is 1. The van der Waals surface area contributed by atoms with Crippen LogP contribution in [0.25, 0.3) is 0 Å². The van der Waals surface area contributed by atoms with Gasteiger partial charge < -0.3 is 19.8 Å². The molecule has 10 heteroatoms. The molecule has 0 spiro atoms. The van der Waals surface area contributed by atoms with Crippen LogP contribution in [-0.2, 0) is 9.53 Å². The molecule has 152 valence electrons. The van der Waals surface area contributed by atoms with Gasteiger partial charge in [-0.25, -0.2) is 4.79 Å². The number of amides is 2. The molecule has 0 radical (unpaired) electrons. The molecule has 10 nitrogen and oxygen atoms in total. The zero-order valence-corrected chi connectivity index (χ0v) is 15.4. The smallest absolute Gasteiger partial charge is 0.433 e. The summed E-state index contributed by atoms with van der Waals surface area (Å²) in [6.07, 6.45) is 0. The fourth-order valence-electron chi connectivity index (χ4n) is 2.43. The lowest BCUT2D eigenvalue weighted by Crippen LogP contribution is -2.23.